The van der Waals surface area contributed by atoms with E-state index in [2.05, 4.69) is 46.5 Å². The molecule has 1 amide bonds. The lowest BCUT2D eigenvalue weighted by Crippen LogP contribution is -2.47. The third kappa shape index (κ3) is 5.98. The van der Waals surface area contributed by atoms with E-state index < -0.39 is 0 Å². The summed E-state index contributed by atoms with van der Waals surface area (Å²) in [6.45, 7) is 14.1. The van der Waals surface area contributed by atoms with Crippen LogP contribution in [0.4, 0.5) is 10.2 Å². The Morgan fingerprint density at radius 1 is 1.11 bits per heavy atom. The van der Waals surface area contributed by atoms with Crippen LogP contribution < -0.4 is 4.90 Å². The van der Waals surface area contributed by atoms with Crippen LogP contribution in [0.1, 0.15) is 42.4 Å². The Hall–Kier alpha value is -2.71. The predicted molar refractivity (Wildman–Crippen MR) is 146 cm³/mol. The van der Waals surface area contributed by atoms with Crippen molar-refractivity contribution < 1.29 is 9.18 Å². The molecule has 8 heteroatoms. The van der Waals surface area contributed by atoms with Crippen molar-refractivity contribution in [3.05, 3.63) is 75.6 Å². The molecule has 36 heavy (non-hydrogen) atoms. The monoisotopic (exact) mass is 555 g/mol. The molecule has 1 aliphatic heterocycles. The van der Waals surface area contributed by atoms with E-state index in [0.717, 1.165) is 54.3 Å². The molecule has 1 aromatic heterocycles. The average Bonchev–Trinajstić information content (AvgIpc) is 3.18. The van der Waals surface area contributed by atoms with E-state index in [9.17, 15) is 9.18 Å². The average molecular weight is 557 g/mol. The molecule has 0 atom stereocenters. The lowest BCUT2D eigenvalue weighted by Gasteiger charge is -2.36. The van der Waals surface area contributed by atoms with Crippen LogP contribution in [0.5, 0.6) is 0 Å². The van der Waals surface area contributed by atoms with E-state index in [1.807, 2.05) is 46.8 Å². The number of rotatable bonds is 8. The zero-order valence-electron chi connectivity index (χ0n) is 21.5. The highest BCUT2D eigenvalue weighted by atomic mass is 79.9. The summed E-state index contributed by atoms with van der Waals surface area (Å²) in [7, 11) is 0. The smallest absolute Gasteiger partial charge is 0.254 e. The second-order valence-electron chi connectivity index (χ2n) is 9.79. The van der Waals surface area contributed by atoms with Crippen molar-refractivity contribution in [1.82, 2.24) is 19.6 Å². The Kier molecular flexibility index (Phi) is 8.46. The number of carbonyl (C=O) groups excluding carboxylic acids is 1. The number of benzene rings is 2. The van der Waals surface area contributed by atoms with E-state index in [-0.39, 0.29) is 11.7 Å². The fourth-order valence-corrected chi connectivity index (χ4v) is 5.18. The molecular formula is C28H35BrFN5O. The largest absolute Gasteiger partial charge is 0.354 e. The fraction of sp³-hybridized carbons (Fsp3) is 0.429. The Labute approximate surface area is 221 Å². The SMILES string of the molecule is CCN1CCN(c2c(CN(CC(C)C)C(=O)c3cccc(Br)c3)c(C)nn2-c2cccc(F)c2)CC1. The second-order valence-corrected chi connectivity index (χ2v) is 10.7. The Morgan fingerprint density at radius 2 is 1.83 bits per heavy atom. The quantitative estimate of drug-likeness (QED) is 0.367. The highest BCUT2D eigenvalue weighted by molar-refractivity contribution is 9.10. The number of likely N-dealkylation sites (N-methyl/N-ethyl adjacent to an activating group) is 1. The summed E-state index contributed by atoms with van der Waals surface area (Å²) in [5, 5.41) is 4.86. The van der Waals surface area contributed by atoms with Gasteiger partial charge >= 0.3 is 0 Å². The highest BCUT2D eigenvalue weighted by Gasteiger charge is 2.28. The van der Waals surface area contributed by atoms with Gasteiger partial charge in [0.1, 0.15) is 11.6 Å². The molecule has 4 rings (SSSR count). The van der Waals surface area contributed by atoms with E-state index in [1.165, 1.54) is 12.1 Å². The first-order valence-corrected chi connectivity index (χ1v) is 13.4. The van der Waals surface area contributed by atoms with Crippen LogP contribution in [0.2, 0.25) is 0 Å². The number of halogens is 2. The Bertz CT molecular complexity index is 1200. The number of aromatic nitrogens is 2. The van der Waals surface area contributed by atoms with E-state index in [1.54, 1.807) is 6.07 Å². The van der Waals surface area contributed by atoms with Crippen LogP contribution in [0.25, 0.3) is 5.69 Å². The lowest BCUT2D eigenvalue weighted by atomic mass is 10.1. The first-order chi connectivity index (χ1) is 17.3. The maximum atomic E-state index is 14.2. The summed E-state index contributed by atoms with van der Waals surface area (Å²) >= 11 is 3.49. The number of amides is 1. The predicted octanol–water partition coefficient (Wildman–Crippen LogP) is 5.52. The molecule has 0 aliphatic carbocycles. The van der Waals surface area contributed by atoms with Gasteiger partial charge in [0.25, 0.3) is 5.91 Å². The van der Waals surface area contributed by atoms with Crippen molar-refractivity contribution in [2.75, 3.05) is 44.2 Å². The molecule has 1 fully saturated rings. The van der Waals surface area contributed by atoms with E-state index >= 15 is 0 Å². The summed E-state index contributed by atoms with van der Waals surface area (Å²) < 4.78 is 16.9. The minimum atomic E-state index is -0.296. The molecule has 192 valence electrons. The number of hydrogen-bond acceptors (Lipinski definition) is 4. The molecule has 1 saturated heterocycles. The molecule has 0 N–H and O–H groups in total. The fourth-order valence-electron chi connectivity index (χ4n) is 4.78. The maximum absolute atomic E-state index is 14.2. The van der Waals surface area contributed by atoms with Gasteiger partial charge in [-0.3, -0.25) is 4.79 Å². The normalized spacial score (nSPS) is 14.5. The van der Waals surface area contributed by atoms with Crippen LogP contribution in [-0.4, -0.2) is 64.8 Å². The Morgan fingerprint density at radius 3 is 2.47 bits per heavy atom. The standard InChI is InChI=1S/C28H35BrFN5O/c1-5-32-12-14-33(15-13-32)27-26(21(4)31-35(27)25-11-7-10-24(30)17-25)19-34(18-20(2)3)28(36)22-8-6-9-23(29)16-22/h6-11,16-17,20H,5,12-15,18-19H2,1-4H3. The van der Waals surface area contributed by atoms with E-state index in [4.69, 9.17) is 5.10 Å². The maximum Gasteiger partial charge on any atom is 0.254 e. The van der Waals surface area contributed by atoms with Gasteiger partial charge in [-0.15, -0.1) is 0 Å². The number of aryl methyl sites for hydroxylation is 1. The van der Waals surface area contributed by atoms with Gasteiger partial charge in [-0.05, 0) is 55.8 Å². The van der Waals surface area contributed by atoms with Crippen molar-refractivity contribution in [1.29, 1.82) is 0 Å². The third-order valence-electron chi connectivity index (χ3n) is 6.62. The molecule has 0 unspecified atom stereocenters. The molecule has 2 heterocycles. The molecule has 0 radical (unpaired) electrons. The topological polar surface area (TPSA) is 44.6 Å². The minimum absolute atomic E-state index is 0.00958. The summed E-state index contributed by atoms with van der Waals surface area (Å²) in [4.78, 5) is 20.3. The zero-order chi connectivity index (χ0) is 25.8. The van der Waals surface area contributed by atoms with Gasteiger partial charge < -0.3 is 14.7 Å². The van der Waals surface area contributed by atoms with E-state index in [0.29, 0.717) is 30.3 Å². The summed E-state index contributed by atoms with van der Waals surface area (Å²) in [5.74, 6) is 0.945. The molecular weight excluding hydrogens is 521 g/mol. The molecule has 0 spiro atoms. The van der Waals surface area contributed by atoms with Gasteiger partial charge in [-0.1, -0.05) is 48.8 Å². The zero-order valence-corrected chi connectivity index (χ0v) is 23.1. The van der Waals surface area contributed by atoms with Crippen molar-refractivity contribution in [2.45, 2.75) is 34.2 Å². The van der Waals surface area contributed by atoms with Crippen LogP contribution in [0, 0.1) is 18.7 Å². The number of hydrogen-bond donors (Lipinski definition) is 0. The summed E-state index contributed by atoms with van der Waals surface area (Å²) in [5.41, 5.74) is 3.19. The van der Waals surface area contributed by atoms with Crippen molar-refractivity contribution in [3.8, 4) is 5.69 Å². The number of piperazine rings is 1. The minimum Gasteiger partial charge on any atom is -0.354 e. The van der Waals surface area contributed by atoms with Crippen LogP contribution in [-0.2, 0) is 6.54 Å². The molecule has 0 bridgehead atoms. The van der Waals surface area contributed by atoms with Crippen molar-refractivity contribution in [3.63, 3.8) is 0 Å². The van der Waals surface area contributed by atoms with Crippen molar-refractivity contribution in [2.24, 2.45) is 5.92 Å². The van der Waals surface area contributed by atoms with Gasteiger partial charge in [0.2, 0.25) is 0 Å². The molecule has 3 aromatic rings. The first-order valence-electron chi connectivity index (χ1n) is 12.6. The Balaban J connectivity index is 1.76. The summed E-state index contributed by atoms with van der Waals surface area (Å²) in [6.07, 6.45) is 0. The number of anilines is 1. The second kappa shape index (κ2) is 11.6. The van der Waals surface area contributed by atoms with Crippen molar-refractivity contribution >= 4 is 27.7 Å². The van der Waals surface area contributed by atoms with Crippen LogP contribution in [0.3, 0.4) is 0 Å². The number of nitrogens with zero attached hydrogens (tertiary/aromatic N) is 5. The lowest BCUT2D eigenvalue weighted by molar-refractivity contribution is 0.0722. The molecule has 0 saturated carbocycles. The van der Waals surface area contributed by atoms with Gasteiger partial charge in [-0.2, -0.15) is 5.10 Å². The van der Waals surface area contributed by atoms with Gasteiger partial charge in [0, 0.05) is 48.3 Å². The number of carbonyl (C=O) groups is 1. The first kappa shape index (κ1) is 26.4. The van der Waals surface area contributed by atoms with Gasteiger partial charge in [0.05, 0.1) is 17.9 Å². The third-order valence-corrected chi connectivity index (χ3v) is 7.12. The molecule has 6 nitrogen and oxygen atoms in total. The summed E-state index contributed by atoms with van der Waals surface area (Å²) in [6, 6.07) is 14.1. The highest BCUT2D eigenvalue weighted by Crippen LogP contribution is 2.31. The van der Waals surface area contributed by atoms with Gasteiger partial charge in [-0.25, -0.2) is 9.07 Å². The van der Waals surface area contributed by atoms with Gasteiger partial charge in [0.15, 0.2) is 0 Å². The van der Waals surface area contributed by atoms with Crippen LogP contribution in [0.15, 0.2) is 53.0 Å². The molecule has 1 aliphatic rings. The van der Waals surface area contributed by atoms with Crippen LogP contribution >= 0.6 is 15.9 Å². The molecule has 2 aromatic carbocycles.